The third-order valence-electron chi connectivity index (χ3n) is 7.48. The Morgan fingerprint density at radius 2 is 1.69 bits per heavy atom. The molecule has 6 heteroatoms. The molecule has 0 aliphatic carbocycles. The largest absolute Gasteiger partial charge is 0.364 e. The highest BCUT2D eigenvalue weighted by atomic mass is 15.4. The minimum Gasteiger partial charge on any atom is -0.364 e. The van der Waals surface area contributed by atoms with E-state index in [1.54, 1.807) is 0 Å². The molecule has 6 rings (SSSR count). The Labute approximate surface area is 207 Å². The van der Waals surface area contributed by atoms with Crippen LogP contribution in [0.15, 0.2) is 72.9 Å². The predicted octanol–water partition coefficient (Wildman–Crippen LogP) is 5.54. The number of aromatic nitrogens is 3. The number of rotatable bonds is 6. The second kappa shape index (κ2) is 8.93. The molecule has 4 aromatic rings. The summed E-state index contributed by atoms with van der Waals surface area (Å²) < 4.78 is 0. The lowest BCUT2D eigenvalue weighted by molar-refractivity contribution is 0.191. The van der Waals surface area contributed by atoms with Crippen LogP contribution in [0, 0.1) is 0 Å². The molecule has 1 unspecified atom stereocenters. The standard InChI is InChI=1S/C29H32N6/c1-19(2)34-17-24-16-23(34)18-35(24)29-25-11-7-8-12-26(25)32-28(33-29)22-13-14-30-27(15-22)31-20(3)21-9-5-4-6-10-21/h4-15,19-20,23-24H,16-18H2,1-3H3,(H,30,31)/t20?,23-,24-/m0/s1. The Kier molecular flexibility index (Phi) is 5.61. The molecule has 2 saturated heterocycles. The van der Waals surface area contributed by atoms with E-state index in [9.17, 15) is 0 Å². The molecule has 2 aromatic heterocycles. The lowest BCUT2D eigenvalue weighted by atomic mass is 10.1. The molecular formula is C29H32N6. The summed E-state index contributed by atoms with van der Waals surface area (Å²) in [5.74, 6) is 2.63. The van der Waals surface area contributed by atoms with Gasteiger partial charge in [0.1, 0.15) is 11.6 Å². The van der Waals surface area contributed by atoms with Crippen molar-refractivity contribution >= 4 is 22.5 Å². The number of hydrogen-bond acceptors (Lipinski definition) is 6. The van der Waals surface area contributed by atoms with Gasteiger partial charge in [-0.05, 0) is 57.0 Å². The van der Waals surface area contributed by atoms with Gasteiger partial charge in [0, 0.05) is 54.4 Å². The van der Waals surface area contributed by atoms with Gasteiger partial charge in [0.25, 0.3) is 0 Å². The van der Waals surface area contributed by atoms with Crippen LogP contribution < -0.4 is 10.2 Å². The van der Waals surface area contributed by atoms with E-state index in [0.717, 1.165) is 47.0 Å². The van der Waals surface area contributed by atoms with E-state index >= 15 is 0 Å². The smallest absolute Gasteiger partial charge is 0.162 e. The summed E-state index contributed by atoms with van der Waals surface area (Å²) in [5, 5.41) is 4.66. The lowest BCUT2D eigenvalue weighted by Crippen LogP contribution is -2.49. The summed E-state index contributed by atoms with van der Waals surface area (Å²) in [6.45, 7) is 8.89. The zero-order chi connectivity index (χ0) is 23.9. The molecule has 2 fully saturated rings. The van der Waals surface area contributed by atoms with Crippen LogP contribution in [0.4, 0.5) is 11.6 Å². The molecule has 0 radical (unpaired) electrons. The molecule has 178 valence electrons. The summed E-state index contributed by atoms with van der Waals surface area (Å²) in [6.07, 6.45) is 3.05. The van der Waals surface area contributed by atoms with Crippen LogP contribution in [0.1, 0.15) is 38.8 Å². The molecule has 2 aliphatic rings. The molecule has 4 heterocycles. The van der Waals surface area contributed by atoms with E-state index in [1.165, 1.54) is 12.0 Å². The van der Waals surface area contributed by atoms with Crippen LogP contribution in [0.25, 0.3) is 22.3 Å². The van der Waals surface area contributed by atoms with E-state index in [0.29, 0.717) is 18.1 Å². The number of anilines is 2. The highest BCUT2D eigenvalue weighted by molar-refractivity contribution is 5.91. The summed E-state index contributed by atoms with van der Waals surface area (Å²) in [4.78, 5) is 19.8. The number of hydrogen-bond donors (Lipinski definition) is 1. The first-order valence-corrected chi connectivity index (χ1v) is 12.6. The number of nitrogens with zero attached hydrogens (tertiary/aromatic N) is 5. The van der Waals surface area contributed by atoms with Gasteiger partial charge in [-0.1, -0.05) is 42.5 Å². The number of likely N-dealkylation sites (tertiary alicyclic amines) is 1. The van der Waals surface area contributed by atoms with Gasteiger partial charge in [-0.15, -0.1) is 0 Å². The van der Waals surface area contributed by atoms with Gasteiger partial charge in [0.2, 0.25) is 0 Å². The summed E-state index contributed by atoms with van der Waals surface area (Å²) in [6, 6.07) is 24.7. The molecule has 2 aromatic carbocycles. The average molecular weight is 465 g/mol. The van der Waals surface area contributed by atoms with Gasteiger partial charge < -0.3 is 10.2 Å². The number of nitrogens with one attached hydrogen (secondary N) is 1. The normalized spacial score (nSPS) is 20.6. The fourth-order valence-corrected chi connectivity index (χ4v) is 5.69. The number of benzene rings is 2. The molecular weight excluding hydrogens is 432 g/mol. The van der Waals surface area contributed by atoms with Crippen molar-refractivity contribution in [2.45, 2.75) is 51.4 Å². The first kappa shape index (κ1) is 22.0. The van der Waals surface area contributed by atoms with Crippen molar-refractivity contribution in [3.63, 3.8) is 0 Å². The summed E-state index contributed by atoms with van der Waals surface area (Å²) in [5.41, 5.74) is 3.19. The Bertz CT molecular complexity index is 1340. The third kappa shape index (κ3) is 4.12. The second-order valence-electron chi connectivity index (χ2n) is 10.1. The molecule has 2 aliphatic heterocycles. The van der Waals surface area contributed by atoms with Crippen molar-refractivity contribution < 1.29 is 0 Å². The maximum atomic E-state index is 5.16. The Hall–Kier alpha value is -3.51. The fraction of sp³-hybridized carbons (Fsp3) is 0.345. The van der Waals surface area contributed by atoms with Gasteiger partial charge in [-0.3, -0.25) is 4.90 Å². The quantitative estimate of drug-likeness (QED) is 0.405. The Morgan fingerprint density at radius 1 is 0.886 bits per heavy atom. The van der Waals surface area contributed by atoms with Crippen LogP contribution in [-0.2, 0) is 0 Å². The monoisotopic (exact) mass is 464 g/mol. The van der Waals surface area contributed by atoms with Crippen molar-refractivity contribution in [1.29, 1.82) is 0 Å². The topological polar surface area (TPSA) is 57.2 Å². The van der Waals surface area contributed by atoms with E-state index in [4.69, 9.17) is 9.97 Å². The summed E-state index contributed by atoms with van der Waals surface area (Å²) >= 11 is 0. The maximum Gasteiger partial charge on any atom is 0.162 e. The van der Waals surface area contributed by atoms with Crippen molar-refractivity contribution in [2.24, 2.45) is 0 Å². The Morgan fingerprint density at radius 3 is 2.46 bits per heavy atom. The Balaban J connectivity index is 1.34. The number of para-hydroxylation sites is 1. The average Bonchev–Trinajstić information content (AvgIpc) is 3.50. The highest BCUT2D eigenvalue weighted by Gasteiger charge is 2.45. The van der Waals surface area contributed by atoms with Crippen LogP contribution in [0.5, 0.6) is 0 Å². The molecule has 0 amide bonds. The predicted molar refractivity (Wildman–Crippen MR) is 143 cm³/mol. The molecule has 3 atom stereocenters. The van der Waals surface area contributed by atoms with Crippen LogP contribution in [0.2, 0.25) is 0 Å². The molecule has 0 saturated carbocycles. The minimum absolute atomic E-state index is 0.149. The molecule has 35 heavy (non-hydrogen) atoms. The van der Waals surface area contributed by atoms with Gasteiger partial charge in [-0.25, -0.2) is 15.0 Å². The van der Waals surface area contributed by atoms with Gasteiger partial charge in [0.05, 0.1) is 5.52 Å². The number of fused-ring (bicyclic) bond motifs is 3. The van der Waals surface area contributed by atoms with Crippen molar-refractivity contribution in [2.75, 3.05) is 23.3 Å². The first-order valence-electron chi connectivity index (χ1n) is 12.6. The van der Waals surface area contributed by atoms with Gasteiger partial charge >= 0.3 is 0 Å². The van der Waals surface area contributed by atoms with Crippen molar-refractivity contribution in [3.8, 4) is 11.4 Å². The minimum atomic E-state index is 0.149. The van der Waals surface area contributed by atoms with Crippen LogP contribution >= 0.6 is 0 Å². The van der Waals surface area contributed by atoms with Crippen molar-refractivity contribution in [1.82, 2.24) is 19.9 Å². The van der Waals surface area contributed by atoms with E-state index < -0.39 is 0 Å². The zero-order valence-electron chi connectivity index (χ0n) is 20.6. The van der Waals surface area contributed by atoms with Crippen molar-refractivity contribution in [3.05, 3.63) is 78.5 Å². The summed E-state index contributed by atoms with van der Waals surface area (Å²) in [7, 11) is 0. The van der Waals surface area contributed by atoms with Gasteiger partial charge in [0.15, 0.2) is 5.82 Å². The van der Waals surface area contributed by atoms with E-state index in [1.807, 2.05) is 18.3 Å². The first-order chi connectivity index (χ1) is 17.1. The highest BCUT2D eigenvalue weighted by Crippen LogP contribution is 2.38. The van der Waals surface area contributed by atoms with Crippen LogP contribution in [0.3, 0.4) is 0 Å². The number of piperazine rings is 1. The molecule has 6 nitrogen and oxygen atoms in total. The molecule has 1 N–H and O–H groups in total. The third-order valence-corrected chi connectivity index (χ3v) is 7.48. The molecule has 2 bridgehead atoms. The number of pyridine rings is 1. The fourth-order valence-electron chi connectivity index (χ4n) is 5.69. The van der Waals surface area contributed by atoms with E-state index in [2.05, 4.69) is 95.5 Å². The SMILES string of the molecule is CC(Nc1cc(-c2nc(N3C[C@@H]4C[C@H]3CN4C(C)C)c3ccccc3n2)ccn1)c1ccccc1. The zero-order valence-corrected chi connectivity index (χ0v) is 20.6. The van der Waals surface area contributed by atoms with E-state index in [-0.39, 0.29) is 6.04 Å². The van der Waals surface area contributed by atoms with Gasteiger partial charge in [-0.2, -0.15) is 0 Å². The van der Waals surface area contributed by atoms with Crippen LogP contribution in [-0.4, -0.2) is 51.1 Å². The maximum absolute atomic E-state index is 5.16. The second-order valence-corrected chi connectivity index (χ2v) is 10.1. The lowest BCUT2D eigenvalue weighted by Gasteiger charge is -2.37. The molecule has 0 spiro atoms.